The molecule has 0 atom stereocenters. The smallest absolute Gasteiger partial charge is 0.169 e. The maximum absolute atomic E-state index is 5.79. The Bertz CT molecular complexity index is 810. The number of aromatic nitrogens is 4. The molecule has 0 fully saturated rings. The van der Waals surface area contributed by atoms with E-state index in [1.807, 2.05) is 31.3 Å². The predicted molar refractivity (Wildman–Crippen MR) is 86.0 cm³/mol. The van der Waals surface area contributed by atoms with Gasteiger partial charge in [0.15, 0.2) is 5.82 Å². The predicted octanol–water partition coefficient (Wildman–Crippen LogP) is 1.61. The summed E-state index contributed by atoms with van der Waals surface area (Å²) >= 11 is 5.11. The summed E-state index contributed by atoms with van der Waals surface area (Å²) in [6.07, 6.45) is 3.36. The molecule has 3 N–H and O–H groups in total. The fraction of sp³-hybridized carbons (Fsp3) is 0.143. The van der Waals surface area contributed by atoms with Crippen molar-refractivity contribution < 1.29 is 0 Å². The number of pyridine rings is 1. The van der Waals surface area contributed by atoms with E-state index in [2.05, 4.69) is 20.4 Å². The number of aryl methyl sites for hydroxylation is 1. The molecule has 21 heavy (non-hydrogen) atoms. The molecule has 1 aromatic carbocycles. The number of hydrogen-bond donors (Lipinski definition) is 2. The van der Waals surface area contributed by atoms with E-state index in [4.69, 9.17) is 18.0 Å². The number of hydrogen-bond acceptors (Lipinski definition) is 5. The molecule has 6 nitrogen and oxygen atoms in total. The number of para-hydroxylation sites is 1. The Morgan fingerprint density at radius 3 is 2.86 bits per heavy atom. The zero-order valence-electron chi connectivity index (χ0n) is 11.4. The Hall–Kier alpha value is -2.54. The maximum atomic E-state index is 5.79. The number of nitrogens with two attached hydrogens (primary N) is 1. The van der Waals surface area contributed by atoms with Crippen LogP contribution in [0.5, 0.6) is 0 Å². The van der Waals surface area contributed by atoms with Crippen molar-refractivity contribution >= 4 is 33.8 Å². The van der Waals surface area contributed by atoms with Gasteiger partial charge in [0.25, 0.3) is 0 Å². The molecule has 0 saturated heterocycles. The van der Waals surface area contributed by atoms with Gasteiger partial charge in [-0.15, -0.1) is 0 Å². The van der Waals surface area contributed by atoms with Crippen molar-refractivity contribution in [3.8, 4) is 0 Å². The maximum Gasteiger partial charge on any atom is 0.169 e. The Morgan fingerprint density at radius 1 is 1.33 bits per heavy atom. The molecule has 7 heteroatoms. The minimum atomic E-state index is 0.310. The highest BCUT2D eigenvalue weighted by molar-refractivity contribution is 7.80. The third-order valence-electron chi connectivity index (χ3n) is 3.11. The topological polar surface area (TPSA) is 81.7 Å². The second-order valence-electron chi connectivity index (χ2n) is 4.62. The number of anilines is 1. The Labute approximate surface area is 127 Å². The number of thiocarbonyl (C=S) groups is 1. The fourth-order valence-electron chi connectivity index (χ4n) is 2.15. The molecule has 0 spiro atoms. The van der Waals surface area contributed by atoms with Gasteiger partial charge >= 0.3 is 0 Å². The van der Waals surface area contributed by atoms with Crippen LogP contribution in [0.4, 0.5) is 5.69 Å². The van der Waals surface area contributed by atoms with Gasteiger partial charge in [-0.2, -0.15) is 5.10 Å². The highest BCUT2D eigenvalue weighted by Crippen LogP contribution is 2.26. The minimum absolute atomic E-state index is 0.310. The second kappa shape index (κ2) is 5.45. The molecule has 0 unspecified atom stereocenters. The normalized spacial score (nSPS) is 10.7. The van der Waals surface area contributed by atoms with Crippen LogP contribution >= 0.6 is 12.2 Å². The first-order chi connectivity index (χ1) is 10.1. The van der Waals surface area contributed by atoms with Gasteiger partial charge in [0.2, 0.25) is 0 Å². The van der Waals surface area contributed by atoms with E-state index in [-0.39, 0.29) is 0 Å². The van der Waals surface area contributed by atoms with Crippen LogP contribution < -0.4 is 11.1 Å². The third-order valence-corrected chi connectivity index (χ3v) is 3.33. The van der Waals surface area contributed by atoms with Gasteiger partial charge in [0, 0.05) is 18.6 Å². The zero-order valence-corrected chi connectivity index (χ0v) is 12.3. The lowest BCUT2D eigenvalue weighted by molar-refractivity contribution is 0.747. The molecule has 2 heterocycles. The van der Waals surface area contributed by atoms with E-state index in [0.717, 1.165) is 22.2 Å². The molecule has 0 saturated carbocycles. The van der Waals surface area contributed by atoms with E-state index >= 15 is 0 Å². The van der Waals surface area contributed by atoms with Crippen molar-refractivity contribution in [3.63, 3.8) is 0 Å². The van der Waals surface area contributed by atoms with E-state index < -0.39 is 0 Å². The van der Waals surface area contributed by atoms with Gasteiger partial charge in [-0.1, -0.05) is 30.4 Å². The number of rotatable bonds is 4. The Kier molecular flexibility index (Phi) is 3.49. The number of nitrogens with zero attached hydrogens (tertiary/aromatic N) is 4. The van der Waals surface area contributed by atoms with Gasteiger partial charge in [-0.05, 0) is 6.07 Å². The van der Waals surface area contributed by atoms with Crippen LogP contribution in [0.2, 0.25) is 0 Å². The number of nitrogens with one attached hydrogen (secondary N) is 1. The van der Waals surface area contributed by atoms with Crippen LogP contribution in [0.3, 0.4) is 0 Å². The summed E-state index contributed by atoms with van der Waals surface area (Å²) in [6.45, 7) is 0.491. The molecule has 0 aliphatic carbocycles. The lowest BCUT2D eigenvalue weighted by atomic mass is 10.1. The van der Waals surface area contributed by atoms with Crippen LogP contribution in [0.25, 0.3) is 10.9 Å². The van der Waals surface area contributed by atoms with E-state index in [9.17, 15) is 0 Å². The molecule has 2 aromatic heterocycles. The summed E-state index contributed by atoms with van der Waals surface area (Å²) < 4.78 is 1.66. The lowest BCUT2D eigenvalue weighted by Crippen LogP contribution is -2.14. The summed E-state index contributed by atoms with van der Waals surface area (Å²) in [4.78, 5) is 8.88. The molecule has 0 amide bonds. The highest BCUT2D eigenvalue weighted by Gasteiger charge is 2.11. The largest absolute Gasteiger partial charge is 0.389 e. The van der Waals surface area contributed by atoms with Crippen LogP contribution in [0.1, 0.15) is 11.4 Å². The summed E-state index contributed by atoms with van der Waals surface area (Å²) in [5.41, 5.74) is 8.26. The van der Waals surface area contributed by atoms with E-state index in [0.29, 0.717) is 17.4 Å². The standard InChI is InChI=1S/C14H14N6S/c1-20-8-18-12(19-20)7-17-13-9-4-2-3-5-11(9)16-6-10(13)14(15)21/h2-6,8H,7H2,1H3,(H2,15,21)(H,16,17). The molecule has 3 rings (SSSR count). The van der Waals surface area contributed by atoms with Crippen molar-refractivity contribution in [1.82, 2.24) is 19.7 Å². The molecule has 0 aliphatic heterocycles. The zero-order chi connectivity index (χ0) is 14.8. The highest BCUT2D eigenvalue weighted by atomic mass is 32.1. The van der Waals surface area contributed by atoms with Crippen molar-refractivity contribution in [2.75, 3.05) is 5.32 Å². The average Bonchev–Trinajstić information content (AvgIpc) is 2.90. The number of benzene rings is 1. The van der Waals surface area contributed by atoms with Gasteiger partial charge in [0.1, 0.15) is 11.3 Å². The van der Waals surface area contributed by atoms with Gasteiger partial charge < -0.3 is 11.1 Å². The molecule has 0 radical (unpaired) electrons. The first kappa shape index (κ1) is 13.4. The average molecular weight is 298 g/mol. The van der Waals surface area contributed by atoms with Gasteiger partial charge in [-0.3, -0.25) is 9.67 Å². The van der Waals surface area contributed by atoms with E-state index in [1.54, 1.807) is 17.2 Å². The quantitative estimate of drug-likeness (QED) is 0.712. The van der Waals surface area contributed by atoms with Crippen molar-refractivity contribution in [1.29, 1.82) is 0 Å². The summed E-state index contributed by atoms with van der Waals surface area (Å²) in [7, 11) is 1.83. The molecule has 106 valence electrons. The van der Waals surface area contributed by atoms with Crippen molar-refractivity contribution in [3.05, 3.63) is 48.2 Å². The fourth-order valence-corrected chi connectivity index (χ4v) is 2.31. The second-order valence-corrected chi connectivity index (χ2v) is 5.06. The van der Waals surface area contributed by atoms with Crippen molar-refractivity contribution in [2.24, 2.45) is 12.8 Å². The molecule has 0 bridgehead atoms. The Morgan fingerprint density at radius 2 is 2.14 bits per heavy atom. The van der Waals surface area contributed by atoms with Crippen LogP contribution in [-0.2, 0) is 13.6 Å². The minimum Gasteiger partial charge on any atom is -0.389 e. The van der Waals surface area contributed by atoms with Gasteiger partial charge in [0.05, 0.1) is 23.3 Å². The Balaban J connectivity index is 2.01. The molecule has 0 aliphatic rings. The van der Waals surface area contributed by atoms with E-state index in [1.165, 1.54) is 0 Å². The molecular formula is C14H14N6S. The van der Waals surface area contributed by atoms with Crippen LogP contribution in [-0.4, -0.2) is 24.7 Å². The number of fused-ring (bicyclic) bond motifs is 1. The summed E-state index contributed by atoms with van der Waals surface area (Å²) in [6, 6.07) is 7.83. The van der Waals surface area contributed by atoms with Crippen LogP contribution in [0, 0.1) is 0 Å². The van der Waals surface area contributed by atoms with Gasteiger partial charge in [-0.25, -0.2) is 4.98 Å². The van der Waals surface area contributed by atoms with Crippen LogP contribution in [0.15, 0.2) is 36.8 Å². The summed E-state index contributed by atoms with van der Waals surface area (Å²) in [5.74, 6) is 0.701. The molecule has 3 aromatic rings. The van der Waals surface area contributed by atoms with Crippen molar-refractivity contribution in [2.45, 2.75) is 6.54 Å². The first-order valence-corrected chi connectivity index (χ1v) is 6.82. The summed E-state index contributed by atoms with van der Waals surface area (Å²) in [5, 5.41) is 8.54. The first-order valence-electron chi connectivity index (χ1n) is 6.41. The monoisotopic (exact) mass is 298 g/mol. The molecular weight excluding hydrogens is 284 g/mol. The third kappa shape index (κ3) is 2.68. The lowest BCUT2D eigenvalue weighted by Gasteiger charge is -2.12. The SMILES string of the molecule is Cn1cnc(CNc2c(C(N)=S)cnc3ccccc23)n1.